The van der Waals surface area contributed by atoms with Crippen LogP contribution in [0.3, 0.4) is 0 Å². The second kappa shape index (κ2) is 6.46. The number of sulfonamides is 1. The first-order valence-electron chi connectivity index (χ1n) is 8.63. The third-order valence-electron chi connectivity index (χ3n) is 4.69. The normalized spacial score (nSPS) is 18.4. The van der Waals surface area contributed by atoms with Gasteiger partial charge in [-0.3, -0.25) is 14.4 Å². The van der Waals surface area contributed by atoms with Crippen LogP contribution in [0.15, 0.2) is 35.5 Å². The Labute approximate surface area is 156 Å². The molecule has 1 saturated heterocycles. The summed E-state index contributed by atoms with van der Waals surface area (Å²) < 4.78 is 30.0. The molecule has 0 bridgehead atoms. The Bertz CT molecular complexity index is 1120. The predicted molar refractivity (Wildman–Crippen MR) is 99.7 cm³/mol. The van der Waals surface area contributed by atoms with Gasteiger partial charge in [0, 0.05) is 37.4 Å². The second-order valence-electron chi connectivity index (χ2n) is 6.63. The molecule has 1 fully saturated rings. The van der Waals surface area contributed by atoms with Gasteiger partial charge >= 0.3 is 0 Å². The molecular weight excluding hydrogens is 368 g/mol. The summed E-state index contributed by atoms with van der Waals surface area (Å²) in [6, 6.07) is 4.36. The minimum atomic E-state index is -3.88. The second-order valence-corrected chi connectivity index (χ2v) is 8.31. The van der Waals surface area contributed by atoms with Crippen LogP contribution < -0.4 is 9.62 Å². The van der Waals surface area contributed by atoms with E-state index in [0.717, 1.165) is 5.69 Å². The standard InChI is InChI=1S/C17H20N6O3S/c1-11-9-15(22(2)20-11)23-8-4-6-13(17(23)24)21-27(25,26)14-10-19-16-12(14)5-3-7-18-16/h3,5,7,9-10,13,21H,4,6,8H2,1-2H3,(H,18,19)/t13-/m1/s1. The topological polar surface area (TPSA) is 113 Å². The summed E-state index contributed by atoms with van der Waals surface area (Å²) in [7, 11) is -2.11. The molecule has 9 nitrogen and oxygen atoms in total. The van der Waals surface area contributed by atoms with Crippen LogP contribution in [0.1, 0.15) is 18.5 Å². The molecule has 1 atom stereocenters. The summed E-state index contributed by atoms with van der Waals surface area (Å²) >= 11 is 0. The zero-order valence-corrected chi connectivity index (χ0v) is 15.8. The monoisotopic (exact) mass is 388 g/mol. The van der Waals surface area contributed by atoms with Crippen molar-refractivity contribution in [1.82, 2.24) is 24.5 Å². The molecule has 27 heavy (non-hydrogen) atoms. The van der Waals surface area contributed by atoms with Crippen molar-refractivity contribution >= 4 is 32.8 Å². The number of nitrogens with zero attached hydrogens (tertiary/aromatic N) is 4. The van der Waals surface area contributed by atoms with E-state index in [1.807, 2.05) is 13.0 Å². The number of carbonyl (C=O) groups is 1. The van der Waals surface area contributed by atoms with Gasteiger partial charge in [0.1, 0.15) is 22.4 Å². The van der Waals surface area contributed by atoms with Crippen molar-refractivity contribution in [2.45, 2.75) is 30.7 Å². The van der Waals surface area contributed by atoms with E-state index in [-0.39, 0.29) is 10.8 Å². The Morgan fingerprint density at radius 2 is 2.19 bits per heavy atom. The van der Waals surface area contributed by atoms with Crippen molar-refractivity contribution in [3.63, 3.8) is 0 Å². The summed E-state index contributed by atoms with van der Waals surface area (Å²) in [6.45, 7) is 2.39. The van der Waals surface area contributed by atoms with Gasteiger partial charge in [0.15, 0.2) is 0 Å². The number of aromatic nitrogens is 4. The van der Waals surface area contributed by atoms with Gasteiger partial charge in [-0.25, -0.2) is 13.4 Å². The smallest absolute Gasteiger partial charge is 0.246 e. The molecule has 3 aromatic rings. The number of carbonyl (C=O) groups excluding carboxylic acids is 1. The van der Waals surface area contributed by atoms with Gasteiger partial charge in [0.2, 0.25) is 15.9 Å². The lowest BCUT2D eigenvalue weighted by Gasteiger charge is -2.32. The molecule has 142 valence electrons. The van der Waals surface area contributed by atoms with Crippen LogP contribution in [0.25, 0.3) is 11.0 Å². The lowest BCUT2D eigenvalue weighted by atomic mass is 10.1. The molecule has 1 aliphatic heterocycles. The van der Waals surface area contributed by atoms with Gasteiger partial charge in [-0.15, -0.1) is 0 Å². The fourth-order valence-electron chi connectivity index (χ4n) is 3.47. The molecule has 3 aromatic heterocycles. The van der Waals surface area contributed by atoms with Crippen molar-refractivity contribution < 1.29 is 13.2 Å². The summed E-state index contributed by atoms with van der Waals surface area (Å²) in [5.41, 5.74) is 1.29. The van der Waals surface area contributed by atoms with Crippen molar-refractivity contribution in [3.05, 3.63) is 36.3 Å². The van der Waals surface area contributed by atoms with E-state index in [9.17, 15) is 13.2 Å². The van der Waals surface area contributed by atoms with E-state index in [0.29, 0.717) is 36.2 Å². The number of hydrogen-bond acceptors (Lipinski definition) is 5. The van der Waals surface area contributed by atoms with E-state index in [2.05, 4.69) is 19.8 Å². The van der Waals surface area contributed by atoms with Gasteiger partial charge in [-0.1, -0.05) is 0 Å². The van der Waals surface area contributed by atoms with E-state index in [1.165, 1.54) is 6.20 Å². The fraction of sp³-hybridized carbons (Fsp3) is 0.353. The molecule has 0 spiro atoms. The quantitative estimate of drug-likeness (QED) is 0.694. The van der Waals surface area contributed by atoms with E-state index in [4.69, 9.17) is 0 Å². The van der Waals surface area contributed by atoms with Crippen LogP contribution in [0, 0.1) is 6.92 Å². The van der Waals surface area contributed by atoms with Crippen molar-refractivity contribution in [2.75, 3.05) is 11.4 Å². The van der Waals surface area contributed by atoms with Gasteiger partial charge in [-0.05, 0) is 31.9 Å². The van der Waals surface area contributed by atoms with Crippen LogP contribution in [-0.4, -0.2) is 46.7 Å². The highest BCUT2D eigenvalue weighted by Gasteiger charge is 2.35. The Kier molecular flexibility index (Phi) is 4.23. The average Bonchev–Trinajstić information content (AvgIpc) is 3.20. The number of fused-ring (bicyclic) bond motifs is 1. The van der Waals surface area contributed by atoms with Crippen LogP contribution in [0.4, 0.5) is 5.82 Å². The number of amides is 1. The Hall–Kier alpha value is -2.72. The van der Waals surface area contributed by atoms with Crippen LogP contribution in [-0.2, 0) is 21.9 Å². The number of nitrogens with one attached hydrogen (secondary N) is 2. The highest BCUT2D eigenvalue weighted by atomic mass is 32.2. The first-order valence-corrected chi connectivity index (χ1v) is 10.1. The minimum absolute atomic E-state index is 0.0897. The lowest BCUT2D eigenvalue weighted by molar-refractivity contribution is -0.121. The maximum Gasteiger partial charge on any atom is 0.246 e. The van der Waals surface area contributed by atoms with E-state index in [1.54, 1.807) is 35.0 Å². The zero-order valence-electron chi connectivity index (χ0n) is 15.0. The number of H-pyrrole nitrogens is 1. The zero-order chi connectivity index (χ0) is 19.2. The van der Waals surface area contributed by atoms with Crippen LogP contribution >= 0.6 is 0 Å². The highest BCUT2D eigenvalue weighted by Crippen LogP contribution is 2.25. The molecule has 10 heteroatoms. The summed E-state index contributed by atoms with van der Waals surface area (Å²) in [4.78, 5) is 21.6. The summed E-state index contributed by atoms with van der Waals surface area (Å²) in [6.07, 6.45) is 4.13. The van der Waals surface area contributed by atoms with Crippen LogP contribution in [0.5, 0.6) is 0 Å². The molecule has 0 aliphatic carbocycles. The first-order chi connectivity index (χ1) is 12.9. The number of pyridine rings is 1. The van der Waals surface area contributed by atoms with Crippen molar-refractivity contribution in [2.24, 2.45) is 7.05 Å². The molecule has 4 heterocycles. The highest BCUT2D eigenvalue weighted by molar-refractivity contribution is 7.89. The molecule has 1 amide bonds. The van der Waals surface area contributed by atoms with E-state index >= 15 is 0 Å². The Morgan fingerprint density at radius 1 is 1.37 bits per heavy atom. The number of piperidine rings is 1. The van der Waals surface area contributed by atoms with Crippen molar-refractivity contribution in [3.8, 4) is 0 Å². The molecule has 0 saturated carbocycles. The van der Waals surface area contributed by atoms with Crippen LogP contribution in [0.2, 0.25) is 0 Å². The lowest BCUT2D eigenvalue weighted by Crippen LogP contribution is -2.52. The number of aryl methyl sites for hydroxylation is 2. The molecule has 4 rings (SSSR count). The number of anilines is 1. The third kappa shape index (κ3) is 3.10. The predicted octanol–water partition coefficient (Wildman–Crippen LogP) is 1.08. The molecule has 2 N–H and O–H groups in total. The number of hydrogen-bond donors (Lipinski definition) is 2. The maximum atomic E-state index is 12.9. The largest absolute Gasteiger partial charge is 0.345 e. The van der Waals surface area contributed by atoms with Crippen molar-refractivity contribution in [1.29, 1.82) is 0 Å². The SMILES string of the molecule is Cc1cc(N2CCC[C@@H](NS(=O)(=O)c3c[nH]c4ncccc34)C2=O)n(C)n1. The van der Waals surface area contributed by atoms with Gasteiger partial charge in [0.25, 0.3) is 0 Å². The number of aromatic amines is 1. The average molecular weight is 388 g/mol. The fourth-order valence-corrected chi connectivity index (χ4v) is 4.85. The van der Waals surface area contributed by atoms with Gasteiger partial charge in [-0.2, -0.15) is 9.82 Å². The maximum absolute atomic E-state index is 12.9. The first kappa shape index (κ1) is 17.7. The minimum Gasteiger partial charge on any atom is -0.345 e. The molecular formula is C17H20N6O3S. The summed E-state index contributed by atoms with van der Waals surface area (Å²) in [5.74, 6) is 0.392. The molecule has 0 unspecified atom stereocenters. The van der Waals surface area contributed by atoms with E-state index < -0.39 is 16.1 Å². The Balaban J connectivity index is 1.61. The summed E-state index contributed by atoms with van der Waals surface area (Å²) in [5, 5.41) is 4.76. The third-order valence-corrected chi connectivity index (χ3v) is 6.20. The van der Waals surface area contributed by atoms with Gasteiger partial charge in [0.05, 0.1) is 5.69 Å². The molecule has 1 aliphatic rings. The Morgan fingerprint density at radius 3 is 2.93 bits per heavy atom. The molecule has 0 radical (unpaired) electrons. The van der Waals surface area contributed by atoms with Gasteiger partial charge < -0.3 is 4.98 Å². The molecule has 0 aromatic carbocycles. The number of rotatable bonds is 4.